The van der Waals surface area contributed by atoms with Crippen molar-refractivity contribution < 1.29 is 13.2 Å². The van der Waals surface area contributed by atoms with E-state index < -0.39 is 21.0 Å². The van der Waals surface area contributed by atoms with Crippen molar-refractivity contribution in [1.29, 1.82) is 0 Å². The van der Waals surface area contributed by atoms with E-state index in [1.165, 1.54) is 32.6 Å². The molecule has 7 nitrogen and oxygen atoms in total. The van der Waals surface area contributed by atoms with E-state index in [-0.39, 0.29) is 5.16 Å². The van der Waals surface area contributed by atoms with Gasteiger partial charge in [0.05, 0.1) is 0 Å². The van der Waals surface area contributed by atoms with E-state index in [1.807, 2.05) is 0 Å². The minimum atomic E-state index is -3.88. The molecule has 0 aromatic carbocycles. The number of aromatic nitrogens is 3. The fraction of sp³-hybridized carbons (Fsp3) is 0.750. The molecule has 0 aliphatic heterocycles. The Bertz CT molecular complexity index is 575. The summed E-state index contributed by atoms with van der Waals surface area (Å²) < 4.78 is 24.0. The molecule has 1 aliphatic carbocycles. The lowest BCUT2D eigenvalue weighted by Crippen LogP contribution is -2.33. The maximum atomic E-state index is 12.0. The Morgan fingerprint density at radius 3 is 2.70 bits per heavy atom. The zero-order valence-corrected chi connectivity index (χ0v) is 12.3. The van der Waals surface area contributed by atoms with Gasteiger partial charge in [-0.2, -0.15) is 0 Å². The Morgan fingerprint density at radius 2 is 2.10 bits per heavy atom. The Morgan fingerprint density at radius 1 is 1.45 bits per heavy atom. The third-order valence-electron chi connectivity index (χ3n) is 3.90. The van der Waals surface area contributed by atoms with Gasteiger partial charge in [-0.25, -0.2) is 13.4 Å². The van der Waals surface area contributed by atoms with Crippen LogP contribution in [0.4, 0.5) is 0 Å². The molecular formula is C12H20N4O3S. The summed E-state index contributed by atoms with van der Waals surface area (Å²) in [5.41, 5.74) is 5.02. The average molecular weight is 300 g/mol. The fourth-order valence-corrected chi connectivity index (χ4v) is 3.50. The first-order valence-corrected chi connectivity index (χ1v) is 8.40. The van der Waals surface area contributed by atoms with Crippen molar-refractivity contribution in [2.45, 2.75) is 55.9 Å². The second-order valence-corrected chi connectivity index (χ2v) is 7.51. The first kappa shape index (κ1) is 15.0. The number of aromatic amines is 1. The second-order valence-electron chi connectivity index (χ2n) is 5.34. The predicted molar refractivity (Wildman–Crippen MR) is 72.5 cm³/mol. The molecule has 1 fully saturated rings. The van der Waals surface area contributed by atoms with Gasteiger partial charge in [0.1, 0.15) is 11.1 Å². The summed E-state index contributed by atoms with van der Waals surface area (Å²) in [6, 6.07) is 0. The summed E-state index contributed by atoms with van der Waals surface area (Å²) >= 11 is 0. The first-order valence-electron chi connectivity index (χ1n) is 6.85. The molecule has 1 aromatic rings. The standard InChI is InChI=1S/C12H20N4O3S/c1-8(11(13)17)20(18,19)12-14-10(15-16-12)7-6-9-4-2-3-5-9/h8-9H,2-7H2,1H3,(H2,13,17)(H,14,15,16)/t8-/m1/s1. The summed E-state index contributed by atoms with van der Waals surface area (Å²) in [7, 11) is -3.88. The zero-order valence-electron chi connectivity index (χ0n) is 11.5. The number of aryl methyl sites for hydroxylation is 1. The van der Waals surface area contributed by atoms with Crippen LogP contribution in [0.3, 0.4) is 0 Å². The molecule has 1 aromatic heterocycles. The predicted octanol–water partition coefficient (Wildman–Crippen LogP) is 0.575. The van der Waals surface area contributed by atoms with Gasteiger partial charge in [0.25, 0.3) is 5.16 Å². The van der Waals surface area contributed by atoms with E-state index in [0.29, 0.717) is 18.2 Å². The van der Waals surface area contributed by atoms with Gasteiger partial charge in [-0.05, 0) is 19.3 Å². The number of hydrogen-bond acceptors (Lipinski definition) is 5. The van der Waals surface area contributed by atoms with Crippen LogP contribution in [0.5, 0.6) is 0 Å². The van der Waals surface area contributed by atoms with Gasteiger partial charge in [0.15, 0.2) is 0 Å². The van der Waals surface area contributed by atoms with Crippen LogP contribution in [0.2, 0.25) is 0 Å². The van der Waals surface area contributed by atoms with Crippen molar-refractivity contribution in [2.75, 3.05) is 0 Å². The van der Waals surface area contributed by atoms with Crippen molar-refractivity contribution in [3.05, 3.63) is 5.82 Å². The lowest BCUT2D eigenvalue weighted by atomic mass is 10.0. The second kappa shape index (κ2) is 5.90. The highest BCUT2D eigenvalue weighted by molar-refractivity contribution is 7.92. The minimum absolute atomic E-state index is 0.342. The van der Waals surface area contributed by atoms with Crippen molar-refractivity contribution in [3.8, 4) is 0 Å². The average Bonchev–Trinajstić information content (AvgIpc) is 3.06. The molecule has 0 unspecified atom stereocenters. The topological polar surface area (TPSA) is 119 Å². The highest BCUT2D eigenvalue weighted by atomic mass is 32.2. The largest absolute Gasteiger partial charge is 0.369 e. The van der Waals surface area contributed by atoms with Crippen LogP contribution in [0.15, 0.2) is 5.16 Å². The van der Waals surface area contributed by atoms with E-state index >= 15 is 0 Å². The summed E-state index contributed by atoms with van der Waals surface area (Å²) in [5, 5.41) is 4.68. The molecule has 1 amide bonds. The first-order chi connectivity index (χ1) is 9.41. The summed E-state index contributed by atoms with van der Waals surface area (Å²) in [5.74, 6) is 0.346. The van der Waals surface area contributed by atoms with Gasteiger partial charge >= 0.3 is 0 Å². The maximum absolute atomic E-state index is 12.0. The lowest BCUT2D eigenvalue weighted by Gasteiger charge is -2.06. The lowest BCUT2D eigenvalue weighted by molar-refractivity contribution is -0.117. The van der Waals surface area contributed by atoms with Crippen LogP contribution in [0, 0.1) is 5.92 Å². The molecule has 20 heavy (non-hydrogen) atoms. The Labute approximate surface area is 118 Å². The number of amides is 1. The number of nitrogens with one attached hydrogen (secondary N) is 1. The number of hydrogen-bond donors (Lipinski definition) is 2. The third-order valence-corrected chi connectivity index (χ3v) is 5.75. The van der Waals surface area contributed by atoms with Crippen LogP contribution in [0.25, 0.3) is 0 Å². The van der Waals surface area contributed by atoms with Crippen LogP contribution < -0.4 is 5.73 Å². The SMILES string of the molecule is C[C@H](C(N)=O)S(=O)(=O)c1n[nH]c(CCC2CCCC2)n1. The van der Waals surface area contributed by atoms with Gasteiger partial charge in [0.2, 0.25) is 15.7 Å². The number of sulfone groups is 1. The number of nitrogens with zero attached hydrogens (tertiary/aromatic N) is 2. The summed E-state index contributed by atoms with van der Waals surface area (Å²) in [6.45, 7) is 1.24. The van der Waals surface area contributed by atoms with E-state index in [4.69, 9.17) is 5.73 Å². The van der Waals surface area contributed by atoms with E-state index in [0.717, 1.165) is 6.42 Å². The van der Waals surface area contributed by atoms with Crippen molar-refractivity contribution >= 4 is 15.7 Å². The van der Waals surface area contributed by atoms with Gasteiger partial charge in [-0.1, -0.05) is 25.7 Å². The Hall–Kier alpha value is -1.44. The summed E-state index contributed by atoms with van der Waals surface area (Å²) in [4.78, 5) is 15.0. The minimum Gasteiger partial charge on any atom is -0.369 e. The molecule has 112 valence electrons. The van der Waals surface area contributed by atoms with Crippen LogP contribution in [0.1, 0.15) is 44.9 Å². The van der Waals surface area contributed by atoms with Crippen molar-refractivity contribution in [2.24, 2.45) is 11.7 Å². The van der Waals surface area contributed by atoms with E-state index in [9.17, 15) is 13.2 Å². The number of carbonyl (C=O) groups is 1. The highest BCUT2D eigenvalue weighted by Crippen LogP contribution is 2.28. The summed E-state index contributed by atoms with van der Waals surface area (Å²) in [6.07, 6.45) is 6.68. The van der Waals surface area contributed by atoms with Gasteiger partial charge in [-0.15, -0.1) is 5.10 Å². The van der Waals surface area contributed by atoms with Crippen LogP contribution >= 0.6 is 0 Å². The molecule has 1 heterocycles. The molecule has 0 saturated heterocycles. The quantitative estimate of drug-likeness (QED) is 0.796. The number of H-pyrrole nitrogens is 1. The molecule has 1 aliphatic rings. The van der Waals surface area contributed by atoms with Crippen molar-refractivity contribution in [1.82, 2.24) is 15.2 Å². The van der Waals surface area contributed by atoms with E-state index in [1.54, 1.807) is 0 Å². The molecular weight excluding hydrogens is 280 g/mol. The van der Waals surface area contributed by atoms with Gasteiger partial charge < -0.3 is 5.73 Å². The number of rotatable bonds is 6. The Balaban J connectivity index is 2.02. The molecule has 0 bridgehead atoms. The highest BCUT2D eigenvalue weighted by Gasteiger charge is 2.31. The molecule has 1 saturated carbocycles. The number of nitrogens with two attached hydrogens (primary N) is 1. The van der Waals surface area contributed by atoms with Gasteiger partial charge in [0, 0.05) is 6.42 Å². The normalized spacial score (nSPS) is 18.2. The number of primary amides is 1. The molecule has 1 atom stereocenters. The monoisotopic (exact) mass is 300 g/mol. The Kier molecular flexibility index (Phi) is 4.42. The van der Waals surface area contributed by atoms with Crippen LogP contribution in [-0.2, 0) is 21.1 Å². The number of carbonyl (C=O) groups excluding carboxylic acids is 1. The molecule has 3 N–H and O–H groups in total. The zero-order chi connectivity index (χ0) is 14.8. The fourth-order valence-electron chi connectivity index (χ4n) is 2.47. The maximum Gasteiger partial charge on any atom is 0.267 e. The van der Waals surface area contributed by atoms with Gasteiger partial charge in [-0.3, -0.25) is 9.89 Å². The van der Waals surface area contributed by atoms with E-state index in [2.05, 4.69) is 15.2 Å². The molecule has 0 spiro atoms. The van der Waals surface area contributed by atoms with Crippen molar-refractivity contribution in [3.63, 3.8) is 0 Å². The smallest absolute Gasteiger partial charge is 0.267 e. The van der Waals surface area contributed by atoms with Crippen LogP contribution in [-0.4, -0.2) is 34.8 Å². The third kappa shape index (κ3) is 3.17. The molecule has 2 rings (SSSR count). The molecule has 0 radical (unpaired) electrons. The molecule has 8 heteroatoms.